The molecular formula is C22H38N4O3S. The maximum atomic E-state index is 12.5. The third-order valence-electron chi connectivity index (χ3n) is 5.73. The fraction of sp³-hybridized carbons (Fsp3) is 0.682. The Kier molecular flexibility index (Phi) is 10.2. The SMILES string of the molecule is CCN(CC)S(=O)(=O)c1ccc(CCC(=O)NCCCCN2CCN(C)CC2)cc1. The highest BCUT2D eigenvalue weighted by atomic mass is 32.2. The Bertz CT molecular complexity index is 740. The molecule has 1 N–H and O–H groups in total. The summed E-state index contributed by atoms with van der Waals surface area (Å²) in [6.07, 6.45) is 3.13. The molecule has 0 aliphatic carbocycles. The van der Waals surface area contributed by atoms with Gasteiger partial charge < -0.3 is 15.1 Å². The van der Waals surface area contributed by atoms with E-state index in [1.807, 2.05) is 13.8 Å². The first-order valence-corrected chi connectivity index (χ1v) is 12.6. The van der Waals surface area contributed by atoms with Crippen molar-refractivity contribution in [2.24, 2.45) is 0 Å². The van der Waals surface area contributed by atoms with Crippen LogP contribution in [0.15, 0.2) is 29.2 Å². The van der Waals surface area contributed by atoms with Crippen LogP contribution in [-0.4, -0.2) is 87.8 Å². The molecule has 0 bridgehead atoms. The number of carbonyl (C=O) groups is 1. The van der Waals surface area contributed by atoms with Crippen LogP contribution < -0.4 is 5.32 Å². The monoisotopic (exact) mass is 438 g/mol. The highest BCUT2D eigenvalue weighted by molar-refractivity contribution is 7.89. The van der Waals surface area contributed by atoms with Crippen LogP contribution in [-0.2, 0) is 21.2 Å². The van der Waals surface area contributed by atoms with Crippen molar-refractivity contribution in [1.29, 1.82) is 0 Å². The third kappa shape index (κ3) is 7.65. The molecular weight excluding hydrogens is 400 g/mol. The Labute approximate surface area is 182 Å². The summed E-state index contributed by atoms with van der Waals surface area (Å²) in [5, 5.41) is 3.00. The minimum absolute atomic E-state index is 0.0504. The van der Waals surface area contributed by atoms with Gasteiger partial charge in [-0.2, -0.15) is 4.31 Å². The van der Waals surface area contributed by atoms with Gasteiger partial charge in [-0.05, 0) is 50.6 Å². The van der Waals surface area contributed by atoms with E-state index in [9.17, 15) is 13.2 Å². The van der Waals surface area contributed by atoms with Crippen molar-refractivity contribution in [2.75, 3.05) is 59.4 Å². The number of rotatable bonds is 12. The van der Waals surface area contributed by atoms with Gasteiger partial charge in [0.25, 0.3) is 0 Å². The summed E-state index contributed by atoms with van der Waals surface area (Å²) in [6.45, 7) is 10.9. The summed E-state index contributed by atoms with van der Waals surface area (Å²) < 4.78 is 26.5. The van der Waals surface area contributed by atoms with Gasteiger partial charge in [0, 0.05) is 52.2 Å². The molecule has 1 amide bonds. The smallest absolute Gasteiger partial charge is 0.243 e. The lowest BCUT2D eigenvalue weighted by Gasteiger charge is -2.32. The topological polar surface area (TPSA) is 73.0 Å². The van der Waals surface area contributed by atoms with E-state index in [4.69, 9.17) is 0 Å². The molecule has 0 atom stereocenters. The second-order valence-electron chi connectivity index (χ2n) is 7.94. The number of hydrogen-bond acceptors (Lipinski definition) is 5. The molecule has 30 heavy (non-hydrogen) atoms. The van der Waals surface area contributed by atoms with Crippen molar-refractivity contribution >= 4 is 15.9 Å². The van der Waals surface area contributed by atoms with Gasteiger partial charge in [0.2, 0.25) is 15.9 Å². The lowest BCUT2D eigenvalue weighted by atomic mass is 10.1. The largest absolute Gasteiger partial charge is 0.356 e. The number of aryl methyl sites for hydroxylation is 1. The van der Waals surface area contributed by atoms with Crippen molar-refractivity contribution in [1.82, 2.24) is 19.4 Å². The minimum Gasteiger partial charge on any atom is -0.356 e. The fourth-order valence-electron chi connectivity index (χ4n) is 3.65. The number of nitrogens with one attached hydrogen (secondary N) is 1. The first-order valence-electron chi connectivity index (χ1n) is 11.1. The highest BCUT2D eigenvalue weighted by Gasteiger charge is 2.21. The van der Waals surface area contributed by atoms with Crippen molar-refractivity contribution < 1.29 is 13.2 Å². The van der Waals surface area contributed by atoms with Crippen molar-refractivity contribution in [2.45, 2.75) is 44.4 Å². The van der Waals surface area contributed by atoms with E-state index < -0.39 is 10.0 Å². The summed E-state index contributed by atoms with van der Waals surface area (Å²) in [5.74, 6) is 0.0504. The number of likely N-dealkylation sites (N-methyl/N-ethyl adjacent to an activating group) is 1. The number of piperazine rings is 1. The van der Waals surface area contributed by atoms with Crippen LogP contribution in [0.4, 0.5) is 0 Å². The van der Waals surface area contributed by atoms with Gasteiger partial charge in [-0.15, -0.1) is 0 Å². The number of hydrogen-bond donors (Lipinski definition) is 1. The molecule has 1 aromatic rings. The Morgan fingerprint density at radius 1 is 1.03 bits per heavy atom. The first-order chi connectivity index (χ1) is 14.4. The molecule has 7 nitrogen and oxygen atoms in total. The molecule has 1 aromatic carbocycles. The zero-order valence-electron chi connectivity index (χ0n) is 18.8. The molecule has 1 heterocycles. The van der Waals surface area contributed by atoms with E-state index in [0.29, 0.717) is 37.4 Å². The van der Waals surface area contributed by atoms with Gasteiger partial charge in [-0.3, -0.25) is 4.79 Å². The zero-order chi connectivity index (χ0) is 22.0. The predicted octanol–water partition coefficient (Wildman–Crippen LogP) is 1.79. The molecule has 170 valence electrons. The molecule has 0 radical (unpaired) electrons. The van der Waals surface area contributed by atoms with Gasteiger partial charge in [0.1, 0.15) is 0 Å². The third-order valence-corrected chi connectivity index (χ3v) is 7.79. The van der Waals surface area contributed by atoms with Crippen LogP contribution in [0.1, 0.15) is 38.7 Å². The van der Waals surface area contributed by atoms with E-state index in [2.05, 4.69) is 22.2 Å². The predicted molar refractivity (Wildman–Crippen MR) is 121 cm³/mol. The van der Waals surface area contributed by atoms with Gasteiger partial charge in [0.15, 0.2) is 0 Å². The Hall–Kier alpha value is -1.48. The molecule has 0 saturated carbocycles. The maximum absolute atomic E-state index is 12.5. The summed E-state index contributed by atoms with van der Waals surface area (Å²) in [7, 11) is -1.27. The number of carbonyl (C=O) groups excluding carboxylic acids is 1. The van der Waals surface area contributed by atoms with E-state index in [-0.39, 0.29) is 5.91 Å². The summed E-state index contributed by atoms with van der Waals surface area (Å²) in [6, 6.07) is 6.89. The van der Waals surface area contributed by atoms with E-state index in [1.54, 1.807) is 24.3 Å². The average Bonchev–Trinajstić information content (AvgIpc) is 2.74. The summed E-state index contributed by atoms with van der Waals surface area (Å²) >= 11 is 0. The van der Waals surface area contributed by atoms with Crippen molar-refractivity contribution in [3.8, 4) is 0 Å². The average molecular weight is 439 g/mol. The molecule has 1 aliphatic heterocycles. The van der Waals surface area contributed by atoms with Crippen LogP contribution in [0.25, 0.3) is 0 Å². The number of sulfonamides is 1. The quantitative estimate of drug-likeness (QED) is 0.504. The lowest BCUT2D eigenvalue weighted by Crippen LogP contribution is -2.44. The molecule has 0 unspecified atom stereocenters. The Balaban J connectivity index is 1.65. The molecule has 1 fully saturated rings. The fourth-order valence-corrected chi connectivity index (χ4v) is 5.10. The van der Waals surface area contributed by atoms with Gasteiger partial charge in [-0.1, -0.05) is 26.0 Å². The van der Waals surface area contributed by atoms with Crippen molar-refractivity contribution in [3.05, 3.63) is 29.8 Å². The van der Waals surface area contributed by atoms with Crippen LogP contribution in [0, 0.1) is 0 Å². The van der Waals surface area contributed by atoms with Gasteiger partial charge in [0.05, 0.1) is 4.90 Å². The van der Waals surface area contributed by atoms with E-state index >= 15 is 0 Å². The van der Waals surface area contributed by atoms with Gasteiger partial charge in [-0.25, -0.2) is 8.42 Å². The second-order valence-corrected chi connectivity index (χ2v) is 9.87. The lowest BCUT2D eigenvalue weighted by molar-refractivity contribution is -0.121. The molecule has 8 heteroatoms. The number of nitrogens with zero attached hydrogens (tertiary/aromatic N) is 3. The Morgan fingerprint density at radius 2 is 1.67 bits per heavy atom. The summed E-state index contributed by atoms with van der Waals surface area (Å²) in [5.41, 5.74) is 0.971. The van der Waals surface area contributed by atoms with Crippen LogP contribution in [0.3, 0.4) is 0 Å². The number of benzene rings is 1. The molecule has 0 aromatic heterocycles. The second kappa shape index (κ2) is 12.4. The van der Waals surface area contributed by atoms with E-state index in [0.717, 1.165) is 51.1 Å². The molecule has 1 saturated heterocycles. The zero-order valence-corrected chi connectivity index (χ0v) is 19.6. The Morgan fingerprint density at radius 3 is 2.27 bits per heavy atom. The molecule has 0 spiro atoms. The number of amides is 1. The number of unbranched alkanes of at least 4 members (excludes halogenated alkanes) is 1. The van der Waals surface area contributed by atoms with Crippen LogP contribution in [0.2, 0.25) is 0 Å². The first kappa shape index (κ1) is 24.8. The minimum atomic E-state index is -3.43. The molecule has 2 rings (SSSR count). The standard InChI is InChI=1S/C22H38N4O3S/c1-4-26(5-2)30(28,29)21-11-8-20(9-12-21)10-13-22(27)23-14-6-7-15-25-18-16-24(3)17-19-25/h8-9,11-12H,4-7,10,13-19H2,1-3H3,(H,23,27). The molecule has 1 aliphatic rings. The normalized spacial score (nSPS) is 16.1. The highest BCUT2D eigenvalue weighted by Crippen LogP contribution is 2.16. The van der Waals surface area contributed by atoms with E-state index in [1.165, 1.54) is 4.31 Å². The maximum Gasteiger partial charge on any atom is 0.243 e. The van der Waals surface area contributed by atoms with Gasteiger partial charge >= 0.3 is 0 Å². The summed E-state index contributed by atoms with van der Waals surface area (Å²) in [4.78, 5) is 17.2. The van der Waals surface area contributed by atoms with Crippen LogP contribution >= 0.6 is 0 Å². The van der Waals surface area contributed by atoms with Crippen LogP contribution in [0.5, 0.6) is 0 Å². The van der Waals surface area contributed by atoms with Crippen molar-refractivity contribution in [3.63, 3.8) is 0 Å².